The zero-order chi connectivity index (χ0) is 12.0. The Morgan fingerprint density at radius 2 is 2.12 bits per heavy atom. The first-order chi connectivity index (χ1) is 7.58. The van der Waals surface area contributed by atoms with Crippen molar-refractivity contribution in [3.63, 3.8) is 0 Å². The van der Waals surface area contributed by atoms with Crippen molar-refractivity contribution in [3.8, 4) is 0 Å². The van der Waals surface area contributed by atoms with E-state index in [4.69, 9.17) is 10.8 Å². The molecule has 1 fully saturated rings. The topological polar surface area (TPSA) is 92.4 Å². The number of hydrogen-bond acceptors (Lipinski definition) is 4. The fraction of sp³-hybridized carbons (Fsp3) is 0.800. The van der Waals surface area contributed by atoms with Gasteiger partial charge >= 0.3 is 0 Å². The van der Waals surface area contributed by atoms with Gasteiger partial charge in [0.05, 0.1) is 12.4 Å². The van der Waals surface area contributed by atoms with Gasteiger partial charge in [0.15, 0.2) is 0 Å². The summed E-state index contributed by atoms with van der Waals surface area (Å²) < 4.78 is 0. The molecule has 5 nitrogen and oxygen atoms in total. The van der Waals surface area contributed by atoms with E-state index in [-0.39, 0.29) is 29.6 Å². The molecule has 2 amide bonds. The van der Waals surface area contributed by atoms with Gasteiger partial charge < -0.3 is 16.2 Å². The highest BCUT2D eigenvalue weighted by molar-refractivity contribution is 7.99. The molecule has 0 saturated heterocycles. The highest BCUT2D eigenvalue weighted by Gasteiger charge is 2.41. The van der Waals surface area contributed by atoms with Gasteiger partial charge in [0.25, 0.3) is 0 Å². The summed E-state index contributed by atoms with van der Waals surface area (Å²) in [6.07, 6.45) is 2.36. The molecule has 0 bridgehead atoms. The summed E-state index contributed by atoms with van der Waals surface area (Å²) in [5.41, 5.74) is 4.92. The first-order valence-electron chi connectivity index (χ1n) is 5.32. The molecule has 1 rings (SSSR count). The third kappa shape index (κ3) is 4.85. The number of rotatable bonds is 8. The van der Waals surface area contributed by atoms with Crippen LogP contribution in [-0.4, -0.2) is 41.6 Å². The molecule has 16 heavy (non-hydrogen) atoms. The van der Waals surface area contributed by atoms with Crippen molar-refractivity contribution in [2.24, 2.45) is 11.1 Å². The van der Waals surface area contributed by atoms with Crippen molar-refractivity contribution in [2.75, 3.05) is 24.7 Å². The molecular formula is C10H18N2O3S. The molecule has 0 unspecified atom stereocenters. The van der Waals surface area contributed by atoms with E-state index in [0.29, 0.717) is 18.7 Å². The van der Waals surface area contributed by atoms with E-state index in [1.54, 1.807) is 0 Å². The molecule has 92 valence electrons. The molecule has 0 heterocycles. The zero-order valence-electron chi connectivity index (χ0n) is 9.20. The van der Waals surface area contributed by atoms with E-state index in [2.05, 4.69) is 5.32 Å². The van der Waals surface area contributed by atoms with Gasteiger partial charge in [-0.2, -0.15) is 11.8 Å². The molecule has 1 aliphatic carbocycles. The predicted octanol–water partition coefficient (Wildman–Crippen LogP) is -0.516. The molecule has 0 spiro atoms. The molecular weight excluding hydrogens is 228 g/mol. The maximum absolute atomic E-state index is 11.4. The van der Waals surface area contributed by atoms with Crippen LogP contribution in [0.25, 0.3) is 0 Å². The summed E-state index contributed by atoms with van der Waals surface area (Å²) in [5.74, 6) is 0.466. The van der Waals surface area contributed by atoms with Gasteiger partial charge in [-0.15, -0.1) is 0 Å². The van der Waals surface area contributed by atoms with Crippen LogP contribution in [0.1, 0.15) is 19.3 Å². The molecule has 0 radical (unpaired) electrons. The average molecular weight is 246 g/mol. The second kappa shape index (κ2) is 6.10. The van der Waals surface area contributed by atoms with E-state index < -0.39 is 0 Å². The summed E-state index contributed by atoms with van der Waals surface area (Å²) in [6, 6.07) is 0. The van der Waals surface area contributed by atoms with Gasteiger partial charge in [-0.05, 0) is 12.8 Å². The van der Waals surface area contributed by atoms with Crippen LogP contribution in [0.2, 0.25) is 0 Å². The van der Waals surface area contributed by atoms with Crippen LogP contribution in [0.3, 0.4) is 0 Å². The third-order valence-electron chi connectivity index (χ3n) is 2.67. The quantitative estimate of drug-likeness (QED) is 0.503. The lowest BCUT2D eigenvalue weighted by molar-refractivity contribution is -0.121. The first kappa shape index (κ1) is 13.3. The molecule has 0 aromatic heterocycles. The summed E-state index contributed by atoms with van der Waals surface area (Å²) in [5, 5.41) is 11.8. The number of carbonyl (C=O) groups excluding carboxylic acids is 2. The Kier molecular flexibility index (Phi) is 5.08. The highest BCUT2D eigenvalue weighted by atomic mass is 32.2. The fourth-order valence-corrected chi connectivity index (χ4v) is 1.95. The molecule has 4 N–H and O–H groups in total. The number of thioether (sulfide) groups is 1. The summed E-state index contributed by atoms with van der Waals surface area (Å²) in [6.45, 7) is 0.701. The van der Waals surface area contributed by atoms with Crippen LogP contribution in [0.15, 0.2) is 0 Å². The van der Waals surface area contributed by atoms with Gasteiger partial charge in [0.2, 0.25) is 11.8 Å². The monoisotopic (exact) mass is 246 g/mol. The number of hydrogen-bond donors (Lipinski definition) is 3. The van der Waals surface area contributed by atoms with E-state index in [1.807, 2.05) is 0 Å². The normalized spacial score (nSPS) is 16.8. The second-order valence-electron chi connectivity index (χ2n) is 4.20. The minimum Gasteiger partial charge on any atom is -0.396 e. The lowest BCUT2D eigenvalue weighted by Gasteiger charge is -2.12. The minimum atomic E-state index is -0.359. The Bertz CT molecular complexity index is 267. The van der Waals surface area contributed by atoms with Crippen molar-refractivity contribution >= 4 is 23.6 Å². The fourth-order valence-electron chi connectivity index (χ4n) is 1.28. The van der Waals surface area contributed by atoms with Gasteiger partial charge in [-0.1, -0.05) is 0 Å². The maximum atomic E-state index is 11.4. The minimum absolute atomic E-state index is 0.0308. The van der Waals surface area contributed by atoms with Crippen molar-refractivity contribution < 1.29 is 14.7 Å². The van der Waals surface area contributed by atoms with Crippen molar-refractivity contribution in [3.05, 3.63) is 0 Å². The second-order valence-corrected chi connectivity index (χ2v) is 5.31. The largest absolute Gasteiger partial charge is 0.396 e. The molecule has 1 aliphatic rings. The Morgan fingerprint density at radius 1 is 1.44 bits per heavy atom. The molecule has 1 saturated carbocycles. The van der Waals surface area contributed by atoms with Gasteiger partial charge in [0.1, 0.15) is 0 Å². The Labute approximate surface area is 99.1 Å². The zero-order valence-corrected chi connectivity index (χ0v) is 10.0. The number of nitrogens with one attached hydrogen (secondary N) is 1. The number of nitrogens with two attached hydrogens (primary N) is 1. The van der Waals surface area contributed by atoms with E-state index >= 15 is 0 Å². The third-order valence-corrected chi connectivity index (χ3v) is 3.65. The van der Waals surface area contributed by atoms with Crippen LogP contribution in [0.4, 0.5) is 0 Å². The first-order valence-corrected chi connectivity index (χ1v) is 6.47. The van der Waals surface area contributed by atoms with Crippen LogP contribution in [0.5, 0.6) is 0 Å². The van der Waals surface area contributed by atoms with Crippen molar-refractivity contribution in [2.45, 2.75) is 19.3 Å². The lowest BCUT2D eigenvalue weighted by Crippen LogP contribution is -2.32. The van der Waals surface area contributed by atoms with Crippen LogP contribution >= 0.6 is 11.8 Å². The highest BCUT2D eigenvalue weighted by Crippen LogP contribution is 2.44. The average Bonchev–Trinajstić information content (AvgIpc) is 3.02. The van der Waals surface area contributed by atoms with E-state index in [9.17, 15) is 9.59 Å². The van der Waals surface area contributed by atoms with Gasteiger partial charge in [-0.25, -0.2) is 0 Å². The van der Waals surface area contributed by atoms with Crippen molar-refractivity contribution in [1.82, 2.24) is 5.32 Å². The smallest absolute Gasteiger partial charge is 0.227 e. The Morgan fingerprint density at radius 3 is 2.62 bits per heavy atom. The standard InChI is InChI=1S/C10H18N2O3S/c11-8(14)5-16-4-1-9(15)12-6-10(7-13)2-3-10/h13H,1-7H2,(H2,11,14)(H,12,15). The lowest BCUT2D eigenvalue weighted by atomic mass is 10.1. The molecule has 0 aliphatic heterocycles. The summed E-state index contributed by atoms with van der Waals surface area (Å²) >= 11 is 1.36. The van der Waals surface area contributed by atoms with E-state index in [0.717, 1.165) is 12.8 Å². The predicted molar refractivity (Wildman–Crippen MR) is 62.9 cm³/mol. The summed E-state index contributed by atoms with van der Waals surface area (Å²) in [4.78, 5) is 21.8. The summed E-state index contributed by atoms with van der Waals surface area (Å²) in [7, 11) is 0. The maximum Gasteiger partial charge on any atom is 0.227 e. The van der Waals surface area contributed by atoms with Crippen molar-refractivity contribution in [1.29, 1.82) is 0 Å². The number of primary amides is 1. The van der Waals surface area contributed by atoms with E-state index in [1.165, 1.54) is 11.8 Å². The van der Waals surface area contributed by atoms with Crippen LogP contribution < -0.4 is 11.1 Å². The molecule has 0 atom stereocenters. The molecule has 0 aromatic rings. The number of amides is 2. The Hall–Kier alpha value is -0.750. The van der Waals surface area contributed by atoms with Gasteiger partial charge in [-0.3, -0.25) is 9.59 Å². The Balaban J connectivity index is 2.01. The van der Waals surface area contributed by atoms with Crippen LogP contribution in [0, 0.1) is 5.41 Å². The molecule has 0 aromatic carbocycles. The number of carbonyl (C=O) groups is 2. The number of aliphatic hydroxyl groups is 1. The SMILES string of the molecule is NC(=O)CSCCC(=O)NCC1(CO)CC1. The molecule has 6 heteroatoms. The number of aliphatic hydroxyl groups excluding tert-OH is 1. The van der Waals surface area contributed by atoms with Crippen LogP contribution in [-0.2, 0) is 9.59 Å². The van der Waals surface area contributed by atoms with Gasteiger partial charge in [0, 0.05) is 24.1 Å².